The van der Waals surface area contributed by atoms with Crippen molar-refractivity contribution in [3.05, 3.63) is 23.3 Å². The Morgan fingerprint density at radius 1 is 1.41 bits per heavy atom. The quantitative estimate of drug-likeness (QED) is 0.452. The summed E-state index contributed by atoms with van der Waals surface area (Å²) in [5.41, 5.74) is 4.25. The van der Waals surface area contributed by atoms with E-state index in [0.717, 1.165) is 12.3 Å². The van der Waals surface area contributed by atoms with E-state index in [9.17, 15) is 0 Å². The van der Waals surface area contributed by atoms with Gasteiger partial charge in [-0.1, -0.05) is 24.6 Å². The van der Waals surface area contributed by atoms with Crippen LogP contribution in [0.5, 0.6) is 0 Å². The molecule has 2 aliphatic carbocycles. The van der Waals surface area contributed by atoms with Gasteiger partial charge in [0.1, 0.15) is 6.61 Å². The van der Waals surface area contributed by atoms with Crippen molar-refractivity contribution in [2.24, 2.45) is 17.8 Å². The molecule has 0 aromatic heterocycles. The Kier molecular flexibility index (Phi) is 4.05. The van der Waals surface area contributed by atoms with Crippen molar-refractivity contribution >= 4 is 0 Å². The second kappa shape index (κ2) is 5.36. The predicted octanol–water partition coefficient (Wildman–Crippen LogP) is 4.19. The first-order valence-corrected chi connectivity index (χ1v) is 6.76. The summed E-state index contributed by atoms with van der Waals surface area (Å²) in [6, 6.07) is 0. The fourth-order valence-electron chi connectivity index (χ4n) is 3.55. The molecular formula is C15H24O2. The first kappa shape index (κ1) is 12.8. The van der Waals surface area contributed by atoms with Crippen molar-refractivity contribution in [1.82, 2.24) is 0 Å². The van der Waals surface area contributed by atoms with Crippen LogP contribution < -0.4 is 0 Å². The summed E-state index contributed by atoms with van der Waals surface area (Å²) in [5, 5.41) is 8.72. The van der Waals surface area contributed by atoms with Gasteiger partial charge in [0, 0.05) is 0 Å². The van der Waals surface area contributed by atoms with Crippen molar-refractivity contribution in [1.29, 1.82) is 0 Å². The normalized spacial score (nSPS) is 33.5. The van der Waals surface area contributed by atoms with Gasteiger partial charge in [0.25, 0.3) is 0 Å². The molecule has 0 radical (unpaired) electrons. The fourth-order valence-corrected chi connectivity index (χ4v) is 3.55. The monoisotopic (exact) mass is 236 g/mol. The van der Waals surface area contributed by atoms with Crippen LogP contribution in [0.15, 0.2) is 23.3 Å². The Labute approximate surface area is 104 Å². The SMILES string of the molecule is C=C(C)[C@@H]1CCC(COO)=C2CC[C@H](C)[C@@H]2C1. The van der Waals surface area contributed by atoms with Crippen molar-refractivity contribution in [3.63, 3.8) is 0 Å². The third kappa shape index (κ3) is 2.63. The number of fused-ring (bicyclic) bond motifs is 1. The van der Waals surface area contributed by atoms with Gasteiger partial charge in [0.2, 0.25) is 0 Å². The molecule has 17 heavy (non-hydrogen) atoms. The maximum Gasteiger partial charge on any atom is 0.103 e. The lowest BCUT2D eigenvalue weighted by molar-refractivity contribution is -0.234. The summed E-state index contributed by atoms with van der Waals surface area (Å²) in [7, 11) is 0. The molecule has 0 unspecified atom stereocenters. The second-order valence-corrected chi connectivity index (χ2v) is 5.84. The van der Waals surface area contributed by atoms with Crippen LogP contribution in [0.3, 0.4) is 0 Å². The number of hydrogen-bond acceptors (Lipinski definition) is 2. The predicted molar refractivity (Wildman–Crippen MR) is 69.6 cm³/mol. The van der Waals surface area contributed by atoms with Gasteiger partial charge in [-0.25, -0.2) is 4.89 Å². The van der Waals surface area contributed by atoms with Gasteiger partial charge in [-0.05, 0) is 62.4 Å². The molecule has 0 bridgehead atoms. The molecule has 96 valence electrons. The summed E-state index contributed by atoms with van der Waals surface area (Å²) in [6.07, 6.45) is 5.98. The lowest BCUT2D eigenvalue weighted by atomic mass is 9.83. The first-order chi connectivity index (χ1) is 8.13. The molecule has 0 aromatic carbocycles. The van der Waals surface area contributed by atoms with E-state index >= 15 is 0 Å². The molecule has 1 saturated carbocycles. The summed E-state index contributed by atoms with van der Waals surface area (Å²) in [5.74, 6) is 2.12. The summed E-state index contributed by atoms with van der Waals surface area (Å²) < 4.78 is 0. The van der Waals surface area contributed by atoms with Crippen molar-refractivity contribution in [2.45, 2.75) is 46.0 Å². The van der Waals surface area contributed by atoms with Gasteiger partial charge in [-0.2, -0.15) is 0 Å². The molecule has 1 N–H and O–H groups in total. The van der Waals surface area contributed by atoms with Crippen LogP contribution in [0.2, 0.25) is 0 Å². The largest absolute Gasteiger partial charge is 0.251 e. The highest BCUT2D eigenvalue weighted by Crippen LogP contribution is 2.46. The Morgan fingerprint density at radius 3 is 2.82 bits per heavy atom. The molecule has 2 rings (SSSR count). The molecular weight excluding hydrogens is 212 g/mol. The Bertz CT molecular complexity index is 330. The molecule has 0 heterocycles. The van der Waals surface area contributed by atoms with Crippen LogP contribution in [0.25, 0.3) is 0 Å². The van der Waals surface area contributed by atoms with Crippen LogP contribution in [0.4, 0.5) is 0 Å². The van der Waals surface area contributed by atoms with Crippen molar-refractivity contribution < 1.29 is 10.1 Å². The van der Waals surface area contributed by atoms with Crippen LogP contribution in [0.1, 0.15) is 46.0 Å². The molecule has 2 nitrogen and oxygen atoms in total. The van der Waals surface area contributed by atoms with Crippen molar-refractivity contribution in [2.75, 3.05) is 6.61 Å². The highest BCUT2D eigenvalue weighted by molar-refractivity contribution is 5.25. The van der Waals surface area contributed by atoms with Crippen LogP contribution in [0, 0.1) is 17.8 Å². The first-order valence-electron chi connectivity index (χ1n) is 6.76. The van der Waals surface area contributed by atoms with Crippen molar-refractivity contribution in [3.8, 4) is 0 Å². The van der Waals surface area contributed by atoms with Gasteiger partial charge in [-0.15, -0.1) is 0 Å². The molecule has 0 amide bonds. The van der Waals surface area contributed by atoms with E-state index in [-0.39, 0.29) is 0 Å². The van der Waals surface area contributed by atoms with E-state index in [4.69, 9.17) is 5.26 Å². The summed E-state index contributed by atoms with van der Waals surface area (Å²) in [4.78, 5) is 4.40. The highest BCUT2D eigenvalue weighted by Gasteiger charge is 2.34. The van der Waals surface area contributed by atoms with Gasteiger partial charge < -0.3 is 0 Å². The molecule has 1 fully saturated rings. The zero-order chi connectivity index (χ0) is 12.4. The van der Waals surface area contributed by atoms with Crippen LogP contribution >= 0.6 is 0 Å². The number of hydrogen-bond donors (Lipinski definition) is 1. The minimum absolute atomic E-state index is 0.404. The Morgan fingerprint density at radius 2 is 2.18 bits per heavy atom. The molecule has 2 heteroatoms. The zero-order valence-corrected chi connectivity index (χ0v) is 11.0. The van der Waals surface area contributed by atoms with E-state index in [0.29, 0.717) is 18.4 Å². The maximum atomic E-state index is 8.72. The molecule has 0 aliphatic heterocycles. The van der Waals surface area contributed by atoms with E-state index in [2.05, 4.69) is 25.3 Å². The standard InChI is InChI=1S/C15H24O2/c1-10(2)12-5-6-13(9-17-16)14-7-4-11(3)15(14)8-12/h11-12,15-16H,1,4-9H2,2-3H3/t11-,12+,15-/m0/s1. The average Bonchev–Trinajstić information content (AvgIpc) is 2.54. The average molecular weight is 236 g/mol. The van der Waals surface area contributed by atoms with E-state index in [1.165, 1.54) is 36.8 Å². The van der Waals surface area contributed by atoms with Crippen LogP contribution in [-0.2, 0) is 4.89 Å². The lowest BCUT2D eigenvalue weighted by Crippen LogP contribution is -2.12. The summed E-state index contributed by atoms with van der Waals surface area (Å²) >= 11 is 0. The van der Waals surface area contributed by atoms with E-state index in [1.807, 2.05) is 0 Å². The molecule has 3 atom stereocenters. The smallest absolute Gasteiger partial charge is 0.103 e. The molecule has 2 aliphatic rings. The van der Waals surface area contributed by atoms with Gasteiger partial charge in [-0.3, -0.25) is 5.26 Å². The third-order valence-corrected chi connectivity index (χ3v) is 4.73. The number of allylic oxidation sites excluding steroid dienone is 2. The highest BCUT2D eigenvalue weighted by atomic mass is 17.1. The molecule has 0 saturated heterocycles. The minimum atomic E-state index is 0.404. The summed E-state index contributed by atoms with van der Waals surface area (Å²) in [6.45, 7) is 9.04. The lowest BCUT2D eigenvalue weighted by Gasteiger charge is -2.22. The Balaban J connectivity index is 2.22. The third-order valence-electron chi connectivity index (χ3n) is 4.73. The van der Waals surface area contributed by atoms with Gasteiger partial charge in [0.05, 0.1) is 0 Å². The zero-order valence-electron chi connectivity index (χ0n) is 11.0. The second-order valence-electron chi connectivity index (χ2n) is 5.84. The Hall–Kier alpha value is -0.600. The van der Waals surface area contributed by atoms with Gasteiger partial charge in [0.15, 0.2) is 0 Å². The van der Waals surface area contributed by atoms with E-state index < -0.39 is 0 Å². The number of rotatable bonds is 3. The van der Waals surface area contributed by atoms with Crippen LogP contribution in [-0.4, -0.2) is 11.9 Å². The fraction of sp³-hybridized carbons (Fsp3) is 0.733. The van der Waals surface area contributed by atoms with Gasteiger partial charge >= 0.3 is 0 Å². The van der Waals surface area contributed by atoms with E-state index in [1.54, 1.807) is 5.57 Å². The topological polar surface area (TPSA) is 29.5 Å². The maximum absolute atomic E-state index is 8.72. The minimum Gasteiger partial charge on any atom is -0.251 e. The molecule has 0 spiro atoms. The molecule has 0 aromatic rings.